The lowest BCUT2D eigenvalue weighted by atomic mass is 10.5. The van der Waals surface area contributed by atoms with Gasteiger partial charge in [-0.25, -0.2) is 0 Å². The maximum atomic E-state index is 11.7. The predicted molar refractivity (Wildman–Crippen MR) is 103 cm³/mol. The van der Waals surface area contributed by atoms with Crippen molar-refractivity contribution in [2.45, 2.75) is 16.6 Å². The van der Waals surface area contributed by atoms with Crippen molar-refractivity contribution in [3.8, 4) is 0 Å². The molecule has 0 amide bonds. The molecule has 20 nitrogen and oxygen atoms in total. The zero-order chi connectivity index (χ0) is 26.3. The molecule has 0 spiro atoms. The summed E-state index contributed by atoms with van der Waals surface area (Å²) in [5.41, 5.74) is -10.0. The van der Waals surface area contributed by atoms with Crippen LogP contribution < -0.4 is 0 Å². The maximum Gasteiger partial charge on any atom is 0.355 e. The van der Waals surface area contributed by atoms with Gasteiger partial charge in [-0.05, 0) is 7.05 Å². The SMILES string of the molecule is CN(CCN(C(P(=O)(O)O)P(=O)(O)O)C(P(=O)(O)O)P(=O)(O)O)C(P(=O)(O)O)P(=O)(O)O. The summed E-state index contributed by atoms with van der Waals surface area (Å²) in [5.74, 6) is 0. The molecule has 0 radical (unpaired) electrons. The minimum absolute atomic E-state index is 0.112. The Morgan fingerprint density at radius 1 is 0.469 bits per heavy atom. The second-order valence-electron chi connectivity index (χ2n) is 6.29. The summed E-state index contributed by atoms with van der Waals surface area (Å²) in [5, 5.41) is 0. The highest BCUT2D eigenvalue weighted by atomic mass is 31.2. The zero-order valence-electron chi connectivity index (χ0n) is 15.5. The summed E-state index contributed by atoms with van der Waals surface area (Å²) in [7, 11) is -35.3. The Balaban J connectivity index is 6.69. The Bertz CT molecular complexity index is 831. The van der Waals surface area contributed by atoms with Gasteiger partial charge in [0.25, 0.3) is 0 Å². The summed E-state index contributed by atoms with van der Waals surface area (Å²) < 4.78 is 69.5. The highest BCUT2D eigenvalue weighted by Gasteiger charge is 2.58. The van der Waals surface area contributed by atoms with Crippen molar-refractivity contribution in [3.05, 3.63) is 0 Å². The second-order valence-corrected chi connectivity index (χ2v) is 17.5. The van der Waals surface area contributed by atoms with Gasteiger partial charge in [0.1, 0.15) is 0 Å². The molecule has 0 atom stereocenters. The Hall–Kier alpha value is 0.820. The van der Waals surface area contributed by atoms with Crippen molar-refractivity contribution >= 4 is 45.6 Å². The number of rotatable bonds is 12. The molecule has 0 saturated carbocycles. The van der Waals surface area contributed by atoms with Crippen LogP contribution in [0.4, 0.5) is 0 Å². The van der Waals surface area contributed by atoms with Crippen LogP contribution in [-0.2, 0) is 27.4 Å². The standard InChI is InChI=1S/C6H22N2O18P6/c1-7(4(27(9,10)11)28(12,13)14)2-3-8(5(29(15,16)17)30(18,19)20)6(31(21,22)23)32(24,25)26/h4-6H,2-3H2,1H3,(H2,9,10,11)(H2,12,13,14)(H2,15,16,17)(H2,18,19,20)(H2,21,22,23)(H2,24,25,26). The molecule has 0 bridgehead atoms. The van der Waals surface area contributed by atoms with E-state index in [-0.39, 0.29) is 4.90 Å². The van der Waals surface area contributed by atoms with Crippen LogP contribution in [0.5, 0.6) is 0 Å². The summed E-state index contributed by atoms with van der Waals surface area (Å²) >= 11 is 0. The predicted octanol–water partition coefficient (Wildman–Crippen LogP) is -2.86. The molecule has 0 aliphatic heterocycles. The monoisotopic (exact) mass is 596 g/mol. The molecule has 0 aliphatic rings. The van der Waals surface area contributed by atoms with E-state index in [0.29, 0.717) is 7.05 Å². The van der Waals surface area contributed by atoms with E-state index in [1.54, 1.807) is 0 Å². The Morgan fingerprint density at radius 3 is 0.875 bits per heavy atom. The molecule has 0 rings (SSSR count). The van der Waals surface area contributed by atoms with Gasteiger partial charge in [0.05, 0.1) is 0 Å². The molecule has 12 N–H and O–H groups in total. The topological polar surface area (TPSA) is 352 Å². The van der Waals surface area contributed by atoms with Crippen LogP contribution in [-0.4, -0.2) is 105 Å². The molecule has 0 fully saturated rings. The lowest BCUT2D eigenvalue weighted by Gasteiger charge is -2.39. The average molecular weight is 596 g/mol. The van der Waals surface area contributed by atoms with Crippen molar-refractivity contribution in [3.63, 3.8) is 0 Å². The highest BCUT2D eigenvalue weighted by molar-refractivity contribution is 7.72. The molecule has 26 heteroatoms. The van der Waals surface area contributed by atoms with Gasteiger partial charge in [-0.15, -0.1) is 0 Å². The first kappa shape index (κ1) is 32.8. The molecule has 32 heavy (non-hydrogen) atoms. The Morgan fingerprint density at radius 2 is 0.688 bits per heavy atom. The minimum Gasteiger partial charge on any atom is -0.323 e. The van der Waals surface area contributed by atoms with Gasteiger partial charge in [-0.1, -0.05) is 0 Å². The number of hydrogen-bond donors (Lipinski definition) is 12. The smallest absolute Gasteiger partial charge is 0.323 e. The molecule has 0 heterocycles. The quantitative estimate of drug-likeness (QED) is 0.101. The van der Waals surface area contributed by atoms with Crippen molar-refractivity contribution in [1.29, 1.82) is 0 Å². The van der Waals surface area contributed by atoms with Gasteiger partial charge in [-0.3, -0.25) is 37.2 Å². The van der Waals surface area contributed by atoms with Crippen LogP contribution in [0.15, 0.2) is 0 Å². The normalized spacial score (nSPS) is 15.6. The highest BCUT2D eigenvalue weighted by Crippen LogP contribution is 2.69. The van der Waals surface area contributed by atoms with Gasteiger partial charge >= 0.3 is 45.6 Å². The van der Waals surface area contributed by atoms with Gasteiger partial charge in [0, 0.05) is 13.1 Å². The maximum absolute atomic E-state index is 11.7. The fourth-order valence-electron chi connectivity index (χ4n) is 2.61. The third-order valence-corrected chi connectivity index (χ3v) is 14.5. The van der Waals surface area contributed by atoms with Crippen molar-refractivity contribution in [2.24, 2.45) is 0 Å². The van der Waals surface area contributed by atoms with Crippen molar-refractivity contribution in [2.75, 3.05) is 20.1 Å². The fourth-order valence-corrected chi connectivity index (χ4v) is 11.5. The van der Waals surface area contributed by atoms with E-state index >= 15 is 0 Å². The minimum atomic E-state index is -6.14. The summed E-state index contributed by atoms with van der Waals surface area (Å²) in [6.45, 7) is -2.83. The number of hydrogen-bond acceptors (Lipinski definition) is 8. The van der Waals surface area contributed by atoms with Gasteiger partial charge in [-0.2, -0.15) is 0 Å². The van der Waals surface area contributed by atoms with E-state index < -0.39 is 80.1 Å². The van der Waals surface area contributed by atoms with Crippen LogP contribution >= 0.6 is 45.6 Å². The summed E-state index contributed by atoms with van der Waals surface area (Å²) in [6.07, 6.45) is 0. The Labute approximate surface area is 178 Å². The summed E-state index contributed by atoms with van der Waals surface area (Å²) in [6, 6.07) is 0. The van der Waals surface area contributed by atoms with E-state index in [9.17, 15) is 66.5 Å². The van der Waals surface area contributed by atoms with E-state index in [1.165, 1.54) is 0 Å². The van der Waals surface area contributed by atoms with Crippen LogP contribution in [0.25, 0.3) is 0 Å². The molecule has 0 aliphatic carbocycles. The van der Waals surface area contributed by atoms with Gasteiger partial charge < -0.3 is 58.7 Å². The Kier molecular flexibility index (Phi) is 10.7. The van der Waals surface area contributed by atoms with E-state index in [4.69, 9.17) is 19.6 Å². The average Bonchev–Trinajstić information content (AvgIpc) is 2.34. The third kappa shape index (κ3) is 9.46. The molecular formula is C6H22N2O18P6. The van der Waals surface area contributed by atoms with Crippen molar-refractivity contribution < 1.29 is 86.1 Å². The molecule has 0 aromatic heterocycles. The molecule has 0 aromatic carbocycles. The zero-order valence-corrected chi connectivity index (χ0v) is 20.9. The molecule has 0 unspecified atom stereocenters. The number of likely N-dealkylation sites (N-methyl/N-ethyl adjacent to an activating group) is 1. The molecule has 194 valence electrons. The van der Waals surface area contributed by atoms with Crippen LogP contribution in [0.2, 0.25) is 0 Å². The first-order valence-electron chi connectivity index (χ1n) is 7.40. The first-order valence-corrected chi connectivity index (χ1v) is 17.5. The van der Waals surface area contributed by atoms with Crippen molar-refractivity contribution in [1.82, 2.24) is 9.80 Å². The lowest BCUT2D eigenvalue weighted by molar-refractivity contribution is 0.174. The molecular weight excluding hydrogens is 574 g/mol. The van der Waals surface area contributed by atoms with Crippen LogP contribution in [0, 0.1) is 0 Å². The van der Waals surface area contributed by atoms with Crippen LogP contribution in [0.3, 0.4) is 0 Å². The summed E-state index contributed by atoms with van der Waals surface area (Å²) in [4.78, 5) is 111. The second kappa shape index (κ2) is 10.4. The lowest BCUT2D eigenvalue weighted by Crippen LogP contribution is -2.47. The largest absolute Gasteiger partial charge is 0.355 e. The molecule has 0 saturated heterocycles. The van der Waals surface area contributed by atoms with E-state index in [0.717, 1.165) is 0 Å². The van der Waals surface area contributed by atoms with Gasteiger partial charge in [0.15, 0.2) is 0 Å². The van der Waals surface area contributed by atoms with E-state index in [2.05, 4.69) is 0 Å². The first-order chi connectivity index (χ1) is 13.6. The number of nitrogens with zero attached hydrogens (tertiary/aromatic N) is 2. The van der Waals surface area contributed by atoms with E-state index in [1.807, 2.05) is 0 Å². The molecule has 0 aromatic rings. The van der Waals surface area contributed by atoms with Gasteiger partial charge in [0.2, 0.25) is 16.6 Å². The fraction of sp³-hybridized carbons (Fsp3) is 1.00. The van der Waals surface area contributed by atoms with Crippen LogP contribution in [0.1, 0.15) is 0 Å². The third-order valence-electron chi connectivity index (χ3n) is 3.50.